The van der Waals surface area contributed by atoms with Crippen LogP contribution in [0.2, 0.25) is 0 Å². The van der Waals surface area contributed by atoms with Crippen molar-refractivity contribution in [2.45, 2.75) is 18.3 Å². The van der Waals surface area contributed by atoms with Crippen LogP contribution in [0.25, 0.3) is 0 Å². The Balaban J connectivity index is 2.26. The first-order chi connectivity index (χ1) is 8.04. The quantitative estimate of drug-likeness (QED) is 0.498. The minimum atomic E-state index is -1.32. The van der Waals surface area contributed by atoms with Gasteiger partial charge in [-0.25, -0.2) is 0 Å². The van der Waals surface area contributed by atoms with Gasteiger partial charge in [0.15, 0.2) is 5.78 Å². The van der Waals surface area contributed by atoms with E-state index in [9.17, 15) is 14.4 Å². The van der Waals surface area contributed by atoms with Crippen molar-refractivity contribution in [3.05, 3.63) is 23.8 Å². The molecule has 1 saturated carbocycles. The van der Waals surface area contributed by atoms with E-state index in [0.717, 1.165) is 0 Å². The van der Waals surface area contributed by atoms with Gasteiger partial charge in [-0.2, -0.15) is 0 Å². The second-order valence-electron chi connectivity index (χ2n) is 4.48. The number of hydrogen-bond acceptors (Lipinski definition) is 4. The van der Waals surface area contributed by atoms with Crippen molar-refractivity contribution in [1.82, 2.24) is 0 Å². The van der Waals surface area contributed by atoms with Crippen molar-refractivity contribution in [2.75, 3.05) is 11.1 Å². The van der Waals surface area contributed by atoms with Gasteiger partial charge in [0.1, 0.15) is 11.2 Å². The summed E-state index contributed by atoms with van der Waals surface area (Å²) >= 11 is 0. The lowest BCUT2D eigenvalue weighted by Gasteiger charge is -2.17. The summed E-state index contributed by atoms with van der Waals surface area (Å²) in [6.45, 7) is 0. The Morgan fingerprint density at radius 2 is 2.00 bits per heavy atom. The maximum atomic E-state index is 12.0. The minimum Gasteiger partial charge on any atom is -0.399 e. The zero-order chi connectivity index (χ0) is 12.2. The summed E-state index contributed by atoms with van der Waals surface area (Å²) in [6.07, 6.45) is -0.213. The minimum absolute atomic E-state index is 0.0475. The fourth-order valence-electron chi connectivity index (χ4n) is 2.61. The molecular weight excluding hydrogens is 220 g/mol. The van der Waals surface area contributed by atoms with E-state index in [1.807, 2.05) is 0 Å². The number of fused-ring (bicyclic) bond motifs is 2. The Morgan fingerprint density at radius 3 is 2.65 bits per heavy atom. The second-order valence-corrected chi connectivity index (χ2v) is 4.48. The molecule has 1 heterocycles. The summed E-state index contributed by atoms with van der Waals surface area (Å²) in [5.41, 5.74) is 5.95. The second kappa shape index (κ2) is 2.94. The van der Waals surface area contributed by atoms with Gasteiger partial charge < -0.3 is 11.1 Å². The number of amides is 1. The average molecular weight is 230 g/mol. The summed E-state index contributed by atoms with van der Waals surface area (Å²) in [4.78, 5) is 35.4. The van der Waals surface area contributed by atoms with E-state index >= 15 is 0 Å². The molecule has 5 heteroatoms. The van der Waals surface area contributed by atoms with Crippen LogP contribution in [-0.4, -0.2) is 17.5 Å². The first kappa shape index (κ1) is 10.0. The Hall–Kier alpha value is -2.17. The number of carbonyl (C=O) groups excluding carboxylic acids is 3. The molecule has 1 aliphatic carbocycles. The van der Waals surface area contributed by atoms with Crippen LogP contribution in [0.5, 0.6) is 0 Å². The molecule has 0 saturated heterocycles. The molecule has 1 atom stereocenters. The van der Waals surface area contributed by atoms with E-state index in [4.69, 9.17) is 5.73 Å². The van der Waals surface area contributed by atoms with Crippen LogP contribution in [0, 0.1) is 0 Å². The molecular formula is C12H10N2O3. The number of benzene rings is 1. The molecule has 3 N–H and O–H groups in total. The summed E-state index contributed by atoms with van der Waals surface area (Å²) in [7, 11) is 0. The number of carbonyl (C=O) groups is 3. The molecule has 0 radical (unpaired) electrons. The van der Waals surface area contributed by atoms with Crippen LogP contribution in [-0.2, 0) is 19.8 Å². The van der Waals surface area contributed by atoms with Gasteiger partial charge in [0.05, 0.1) is 6.42 Å². The topological polar surface area (TPSA) is 89.3 Å². The average Bonchev–Trinajstić information content (AvgIpc) is 2.70. The largest absolute Gasteiger partial charge is 0.399 e. The third-order valence-corrected chi connectivity index (χ3v) is 3.44. The van der Waals surface area contributed by atoms with Crippen LogP contribution in [0.15, 0.2) is 18.2 Å². The molecule has 3 rings (SSSR count). The fourth-order valence-corrected chi connectivity index (χ4v) is 2.61. The Morgan fingerprint density at radius 1 is 1.24 bits per heavy atom. The number of nitrogens with one attached hydrogen (secondary N) is 1. The lowest BCUT2D eigenvalue weighted by Crippen LogP contribution is -2.38. The highest BCUT2D eigenvalue weighted by Gasteiger charge is 2.57. The number of hydrogen-bond donors (Lipinski definition) is 2. The van der Waals surface area contributed by atoms with E-state index in [1.165, 1.54) is 0 Å². The van der Waals surface area contributed by atoms with Gasteiger partial charge in [0.25, 0.3) is 0 Å². The smallest absolute Gasteiger partial charge is 0.243 e. The highest BCUT2D eigenvalue weighted by Crippen LogP contribution is 2.46. The highest BCUT2D eigenvalue weighted by molar-refractivity contribution is 6.29. The molecule has 1 aromatic carbocycles. The molecule has 2 aliphatic rings. The van der Waals surface area contributed by atoms with E-state index in [2.05, 4.69) is 5.32 Å². The maximum absolute atomic E-state index is 12.0. The van der Waals surface area contributed by atoms with Crippen molar-refractivity contribution < 1.29 is 14.4 Å². The Labute approximate surface area is 97.0 Å². The van der Waals surface area contributed by atoms with Gasteiger partial charge >= 0.3 is 0 Å². The fraction of sp³-hybridized carbons (Fsp3) is 0.250. The monoisotopic (exact) mass is 230 g/mol. The summed E-state index contributed by atoms with van der Waals surface area (Å²) in [5.74, 6) is -0.932. The predicted molar refractivity (Wildman–Crippen MR) is 60.4 cm³/mol. The lowest BCUT2D eigenvalue weighted by molar-refractivity contribution is -0.130. The third kappa shape index (κ3) is 1.11. The van der Waals surface area contributed by atoms with Crippen molar-refractivity contribution in [1.29, 1.82) is 0 Å². The molecule has 0 aromatic heterocycles. The SMILES string of the molecule is Nc1ccc2c(c1)C1(CC(=O)CC1=O)C(=O)N2. The lowest BCUT2D eigenvalue weighted by atomic mass is 9.79. The Bertz CT molecular complexity index is 579. The van der Waals surface area contributed by atoms with E-state index in [0.29, 0.717) is 16.9 Å². The molecule has 86 valence electrons. The standard InChI is InChI=1S/C12H10N2O3/c13-6-1-2-9-8(3-6)12(11(17)14-9)5-7(15)4-10(12)16/h1-3H,4-5,13H2,(H,14,17). The Kier molecular flexibility index (Phi) is 1.73. The molecule has 0 bridgehead atoms. The van der Waals surface area contributed by atoms with Crippen molar-refractivity contribution in [3.63, 3.8) is 0 Å². The van der Waals surface area contributed by atoms with Gasteiger partial charge in [0, 0.05) is 23.4 Å². The number of rotatable bonds is 0. The van der Waals surface area contributed by atoms with E-state index in [-0.39, 0.29) is 24.4 Å². The van der Waals surface area contributed by atoms with Crippen molar-refractivity contribution in [2.24, 2.45) is 0 Å². The molecule has 1 aliphatic heterocycles. The number of nitrogens with two attached hydrogens (primary N) is 1. The number of nitrogen functional groups attached to an aromatic ring is 1. The van der Waals surface area contributed by atoms with Gasteiger partial charge in [0.2, 0.25) is 5.91 Å². The number of Topliss-reactive ketones (excluding diaryl/α,β-unsaturated/α-hetero) is 2. The molecule has 1 amide bonds. The molecule has 1 spiro atoms. The van der Waals surface area contributed by atoms with Crippen LogP contribution in [0.3, 0.4) is 0 Å². The van der Waals surface area contributed by atoms with Crippen molar-refractivity contribution in [3.8, 4) is 0 Å². The van der Waals surface area contributed by atoms with Crippen LogP contribution in [0.4, 0.5) is 11.4 Å². The molecule has 17 heavy (non-hydrogen) atoms. The van der Waals surface area contributed by atoms with Crippen molar-refractivity contribution >= 4 is 28.8 Å². The van der Waals surface area contributed by atoms with Gasteiger partial charge in [-0.3, -0.25) is 14.4 Å². The van der Waals surface area contributed by atoms with Crippen LogP contribution >= 0.6 is 0 Å². The van der Waals surface area contributed by atoms with Crippen LogP contribution < -0.4 is 11.1 Å². The predicted octanol–water partition coefficient (Wildman–Crippen LogP) is 0.391. The zero-order valence-electron chi connectivity index (χ0n) is 8.95. The first-order valence-corrected chi connectivity index (χ1v) is 5.30. The summed E-state index contributed by atoms with van der Waals surface area (Å²) < 4.78 is 0. The molecule has 1 fully saturated rings. The highest BCUT2D eigenvalue weighted by atomic mass is 16.2. The van der Waals surface area contributed by atoms with Gasteiger partial charge in [-0.15, -0.1) is 0 Å². The maximum Gasteiger partial charge on any atom is 0.243 e. The first-order valence-electron chi connectivity index (χ1n) is 5.30. The molecule has 1 aromatic rings. The summed E-state index contributed by atoms with van der Waals surface area (Å²) in [6, 6.07) is 4.91. The number of anilines is 2. The van der Waals surface area contributed by atoms with Gasteiger partial charge in [-0.05, 0) is 18.2 Å². The van der Waals surface area contributed by atoms with Gasteiger partial charge in [-0.1, -0.05) is 0 Å². The summed E-state index contributed by atoms with van der Waals surface area (Å²) in [5, 5.41) is 2.64. The zero-order valence-corrected chi connectivity index (χ0v) is 8.95. The van der Waals surface area contributed by atoms with Crippen LogP contribution in [0.1, 0.15) is 18.4 Å². The normalized spacial score (nSPS) is 26.5. The third-order valence-electron chi connectivity index (χ3n) is 3.44. The molecule has 1 unspecified atom stereocenters. The van der Waals surface area contributed by atoms with E-state index < -0.39 is 11.3 Å². The number of ketones is 2. The van der Waals surface area contributed by atoms with E-state index in [1.54, 1.807) is 18.2 Å². The molecule has 5 nitrogen and oxygen atoms in total.